The van der Waals surface area contributed by atoms with Gasteiger partial charge in [-0.25, -0.2) is 4.39 Å². The SMILES string of the molecule is CN1CCC2(CCCCN(C(=O)Cc3ccccc3F)CC[C@H](O)[C@H](O)COC2=O)CC1. The number of esters is 1. The van der Waals surface area contributed by atoms with Gasteiger partial charge < -0.3 is 24.7 Å². The van der Waals surface area contributed by atoms with Crippen molar-refractivity contribution in [1.82, 2.24) is 9.80 Å². The molecule has 1 aromatic carbocycles. The normalized spacial score (nSPS) is 26.0. The zero-order valence-electron chi connectivity index (χ0n) is 18.8. The Morgan fingerprint density at radius 2 is 1.81 bits per heavy atom. The van der Waals surface area contributed by atoms with E-state index in [-0.39, 0.29) is 37.9 Å². The van der Waals surface area contributed by atoms with Crippen LogP contribution in [0, 0.1) is 11.2 Å². The third-order valence-electron chi connectivity index (χ3n) is 6.89. The van der Waals surface area contributed by atoms with Crippen LogP contribution < -0.4 is 0 Å². The first-order chi connectivity index (χ1) is 15.3. The van der Waals surface area contributed by atoms with Crippen molar-refractivity contribution in [3.05, 3.63) is 35.6 Å². The number of aliphatic hydroxyl groups is 2. The Kier molecular flexibility index (Phi) is 8.62. The molecule has 1 spiro atoms. The summed E-state index contributed by atoms with van der Waals surface area (Å²) in [5.41, 5.74) is -0.252. The second kappa shape index (κ2) is 11.2. The van der Waals surface area contributed by atoms with Crippen LogP contribution in [-0.4, -0.2) is 83.9 Å². The minimum atomic E-state index is -1.22. The van der Waals surface area contributed by atoms with Gasteiger partial charge in [0.05, 0.1) is 17.9 Å². The molecule has 7 nitrogen and oxygen atoms in total. The van der Waals surface area contributed by atoms with Gasteiger partial charge in [0, 0.05) is 13.1 Å². The summed E-state index contributed by atoms with van der Waals surface area (Å²) >= 11 is 0. The Morgan fingerprint density at radius 3 is 2.53 bits per heavy atom. The molecule has 1 aromatic rings. The van der Waals surface area contributed by atoms with E-state index in [4.69, 9.17) is 4.74 Å². The molecule has 0 bridgehead atoms. The van der Waals surface area contributed by atoms with Crippen molar-refractivity contribution in [3.8, 4) is 0 Å². The number of cyclic esters (lactones) is 1. The van der Waals surface area contributed by atoms with Gasteiger partial charge in [-0.1, -0.05) is 24.6 Å². The van der Waals surface area contributed by atoms with E-state index >= 15 is 0 Å². The highest BCUT2D eigenvalue weighted by molar-refractivity contribution is 5.79. The minimum absolute atomic E-state index is 0.0524. The Hall–Kier alpha value is -2.03. The molecule has 0 unspecified atom stereocenters. The number of ether oxygens (including phenoxy) is 1. The summed E-state index contributed by atoms with van der Waals surface area (Å²) in [6.07, 6.45) is 1.26. The average molecular weight is 451 g/mol. The molecule has 2 atom stereocenters. The summed E-state index contributed by atoms with van der Waals surface area (Å²) in [6.45, 7) is 2.04. The number of hydrogen-bond donors (Lipinski definition) is 2. The topological polar surface area (TPSA) is 90.3 Å². The van der Waals surface area contributed by atoms with Gasteiger partial charge in [-0.15, -0.1) is 0 Å². The standard InChI is InChI=1S/C24H35FN2O5/c1-26-14-10-24(11-15-26)9-4-5-12-27(13-8-20(28)21(29)17-32-23(24)31)22(30)16-18-6-2-3-7-19(18)25/h2-3,6-7,20-21,28-29H,4-5,8-17H2,1H3/t20-,21+/m0/s1. The summed E-state index contributed by atoms with van der Waals surface area (Å²) in [4.78, 5) is 29.6. The predicted octanol–water partition coefficient (Wildman–Crippen LogP) is 1.75. The van der Waals surface area contributed by atoms with Gasteiger partial charge in [0.1, 0.15) is 18.5 Å². The number of piperidine rings is 1. The molecule has 2 aliphatic heterocycles. The fraction of sp³-hybridized carbons (Fsp3) is 0.667. The van der Waals surface area contributed by atoms with Crippen LogP contribution >= 0.6 is 0 Å². The number of benzene rings is 1. The fourth-order valence-electron chi connectivity index (χ4n) is 4.55. The predicted molar refractivity (Wildman–Crippen MR) is 117 cm³/mol. The van der Waals surface area contributed by atoms with Crippen molar-refractivity contribution >= 4 is 11.9 Å². The molecule has 0 aliphatic carbocycles. The molecule has 8 heteroatoms. The lowest BCUT2D eigenvalue weighted by atomic mass is 9.74. The first-order valence-corrected chi connectivity index (χ1v) is 11.5. The van der Waals surface area contributed by atoms with Gasteiger partial charge in [-0.2, -0.15) is 0 Å². The smallest absolute Gasteiger partial charge is 0.312 e. The maximum absolute atomic E-state index is 14.0. The molecule has 0 saturated carbocycles. The van der Waals surface area contributed by atoms with Gasteiger partial charge in [0.25, 0.3) is 0 Å². The van der Waals surface area contributed by atoms with Crippen LogP contribution in [0.1, 0.15) is 44.1 Å². The van der Waals surface area contributed by atoms with Crippen LogP contribution in [-0.2, 0) is 20.7 Å². The van der Waals surface area contributed by atoms with Crippen molar-refractivity contribution in [3.63, 3.8) is 0 Å². The number of rotatable bonds is 2. The Labute approximate surface area is 189 Å². The first-order valence-electron chi connectivity index (χ1n) is 11.5. The van der Waals surface area contributed by atoms with Gasteiger partial charge in [0.15, 0.2) is 0 Å². The highest BCUT2D eigenvalue weighted by Crippen LogP contribution is 2.38. The second-order valence-corrected chi connectivity index (χ2v) is 9.21. The van der Waals surface area contributed by atoms with Crippen molar-refractivity contribution < 1.29 is 28.9 Å². The van der Waals surface area contributed by atoms with E-state index in [0.717, 1.165) is 19.5 Å². The van der Waals surface area contributed by atoms with Gasteiger partial charge in [-0.3, -0.25) is 9.59 Å². The van der Waals surface area contributed by atoms with Gasteiger partial charge in [-0.05, 0) is 63.9 Å². The van der Waals surface area contributed by atoms with Crippen LogP contribution in [0.25, 0.3) is 0 Å². The molecule has 2 heterocycles. The van der Waals surface area contributed by atoms with Crippen molar-refractivity contribution in [2.45, 2.75) is 57.2 Å². The summed E-state index contributed by atoms with van der Waals surface area (Å²) in [5, 5.41) is 20.6. The van der Waals surface area contributed by atoms with E-state index < -0.39 is 23.4 Å². The lowest BCUT2D eigenvalue weighted by Gasteiger charge is -2.39. The second-order valence-electron chi connectivity index (χ2n) is 9.21. The van der Waals surface area contributed by atoms with Crippen LogP contribution in [0.4, 0.5) is 4.39 Å². The number of likely N-dealkylation sites (tertiary alicyclic amines) is 1. The van der Waals surface area contributed by atoms with E-state index in [1.165, 1.54) is 6.07 Å². The molecule has 178 valence electrons. The number of halogens is 1. The highest BCUT2D eigenvalue weighted by atomic mass is 19.1. The largest absolute Gasteiger partial charge is 0.462 e. The summed E-state index contributed by atoms with van der Waals surface area (Å²) in [7, 11) is 2.02. The molecule has 2 N–H and O–H groups in total. The number of aliphatic hydroxyl groups excluding tert-OH is 2. The van der Waals surface area contributed by atoms with E-state index in [1.54, 1.807) is 23.1 Å². The Bertz CT molecular complexity index is 781. The molecule has 2 aliphatic rings. The Morgan fingerprint density at radius 1 is 1.09 bits per heavy atom. The maximum atomic E-state index is 14.0. The first kappa shape index (κ1) is 24.6. The number of carbonyl (C=O) groups is 2. The van der Waals surface area contributed by atoms with Crippen LogP contribution in [0.3, 0.4) is 0 Å². The van der Waals surface area contributed by atoms with Crippen LogP contribution in [0.5, 0.6) is 0 Å². The van der Waals surface area contributed by atoms with E-state index in [2.05, 4.69) is 4.90 Å². The Balaban J connectivity index is 1.70. The third kappa shape index (κ3) is 6.27. The average Bonchev–Trinajstić information content (AvgIpc) is 2.79. The number of hydrogen-bond acceptors (Lipinski definition) is 6. The van der Waals surface area contributed by atoms with Gasteiger partial charge >= 0.3 is 5.97 Å². The number of nitrogens with zero attached hydrogens (tertiary/aromatic N) is 2. The van der Waals surface area contributed by atoms with Crippen molar-refractivity contribution in [2.24, 2.45) is 5.41 Å². The zero-order valence-corrected chi connectivity index (χ0v) is 18.8. The minimum Gasteiger partial charge on any atom is -0.462 e. The molecular weight excluding hydrogens is 415 g/mol. The molecule has 0 aromatic heterocycles. The molecule has 2 saturated heterocycles. The maximum Gasteiger partial charge on any atom is 0.312 e. The molecule has 0 radical (unpaired) electrons. The monoisotopic (exact) mass is 450 g/mol. The van der Waals surface area contributed by atoms with E-state index in [9.17, 15) is 24.2 Å². The van der Waals surface area contributed by atoms with Crippen LogP contribution in [0.15, 0.2) is 24.3 Å². The molecular formula is C24H35FN2O5. The fourth-order valence-corrected chi connectivity index (χ4v) is 4.55. The van der Waals surface area contributed by atoms with E-state index in [1.807, 2.05) is 7.05 Å². The quantitative estimate of drug-likeness (QED) is 0.668. The van der Waals surface area contributed by atoms with Crippen molar-refractivity contribution in [2.75, 3.05) is 39.8 Å². The lowest BCUT2D eigenvalue weighted by Crippen LogP contribution is -2.45. The third-order valence-corrected chi connectivity index (χ3v) is 6.89. The number of carbonyl (C=O) groups excluding carboxylic acids is 2. The zero-order chi connectivity index (χ0) is 23.1. The highest BCUT2D eigenvalue weighted by Gasteiger charge is 2.42. The molecule has 2 fully saturated rings. The lowest BCUT2D eigenvalue weighted by molar-refractivity contribution is -0.164. The number of amides is 1. The molecule has 1 amide bonds. The molecule has 32 heavy (non-hydrogen) atoms. The molecule has 3 rings (SSSR count). The van der Waals surface area contributed by atoms with Crippen molar-refractivity contribution in [1.29, 1.82) is 0 Å². The van der Waals surface area contributed by atoms with E-state index in [0.29, 0.717) is 37.8 Å². The summed E-state index contributed by atoms with van der Waals surface area (Å²) in [6, 6.07) is 6.21. The summed E-state index contributed by atoms with van der Waals surface area (Å²) < 4.78 is 19.5. The van der Waals surface area contributed by atoms with Gasteiger partial charge in [0.2, 0.25) is 5.91 Å². The summed E-state index contributed by atoms with van der Waals surface area (Å²) in [5.74, 6) is -0.932. The van der Waals surface area contributed by atoms with Crippen LogP contribution in [0.2, 0.25) is 0 Å².